The molecule has 3 rings (SSSR count). The molecule has 0 radical (unpaired) electrons. The van der Waals surface area contributed by atoms with Gasteiger partial charge in [0, 0.05) is 17.5 Å². The van der Waals surface area contributed by atoms with Crippen molar-refractivity contribution in [3.05, 3.63) is 33.8 Å². The summed E-state index contributed by atoms with van der Waals surface area (Å²) in [6, 6.07) is 6.34. The number of carbonyl (C=O) groups is 1. The molecule has 0 unspecified atom stereocenters. The van der Waals surface area contributed by atoms with Crippen LogP contribution in [0.1, 0.15) is 83.8 Å². The van der Waals surface area contributed by atoms with Crippen molar-refractivity contribution in [3.63, 3.8) is 0 Å². The van der Waals surface area contributed by atoms with Gasteiger partial charge in [-0.1, -0.05) is 54.2 Å². The van der Waals surface area contributed by atoms with Crippen LogP contribution in [0.25, 0.3) is 0 Å². The van der Waals surface area contributed by atoms with Gasteiger partial charge in [-0.05, 0) is 57.2 Å². The SMILES string of the molecule is CCCCC1=NC2(CCCC2)C(=O)N1Cc1ccc(Br)c(C(C)(C)OCC)c1. The van der Waals surface area contributed by atoms with Gasteiger partial charge in [0.15, 0.2) is 0 Å². The van der Waals surface area contributed by atoms with E-state index in [2.05, 4.69) is 54.9 Å². The number of hydrogen-bond donors (Lipinski definition) is 0. The number of ether oxygens (including phenoxy) is 1. The van der Waals surface area contributed by atoms with Crippen molar-refractivity contribution in [2.75, 3.05) is 6.61 Å². The number of amides is 1. The molecule has 1 spiro atoms. The highest BCUT2D eigenvalue weighted by Gasteiger charge is 2.49. The van der Waals surface area contributed by atoms with E-state index in [0.29, 0.717) is 13.2 Å². The minimum Gasteiger partial charge on any atom is -0.371 e. The van der Waals surface area contributed by atoms with Crippen LogP contribution >= 0.6 is 15.9 Å². The lowest BCUT2D eigenvalue weighted by atomic mass is 9.95. The standard InChI is InChI=1S/C23H33BrN2O2/c1-5-7-10-20-25-23(13-8-9-14-23)21(27)26(20)16-17-11-12-19(24)18(15-17)22(3,4)28-6-2/h11-12,15H,5-10,13-14,16H2,1-4H3. The molecule has 1 fully saturated rings. The Morgan fingerprint density at radius 3 is 2.61 bits per heavy atom. The zero-order chi connectivity index (χ0) is 20.4. The van der Waals surface area contributed by atoms with Crippen molar-refractivity contribution in [2.45, 2.75) is 90.3 Å². The van der Waals surface area contributed by atoms with Crippen LogP contribution in [0.2, 0.25) is 0 Å². The van der Waals surface area contributed by atoms with E-state index in [1.54, 1.807) is 0 Å². The average Bonchev–Trinajstić information content (AvgIpc) is 3.22. The van der Waals surface area contributed by atoms with Crippen LogP contribution in [0.4, 0.5) is 0 Å². The van der Waals surface area contributed by atoms with E-state index in [-0.39, 0.29) is 11.5 Å². The summed E-state index contributed by atoms with van der Waals surface area (Å²) in [5, 5.41) is 0. The van der Waals surface area contributed by atoms with E-state index in [4.69, 9.17) is 9.73 Å². The molecule has 0 N–H and O–H groups in total. The second kappa shape index (κ2) is 8.66. The van der Waals surface area contributed by atoms with E-state index in [1.807, 2.05) is 11.8 Å². The maximum atomic E-state index is 13.3. The first-order chi connectivity index (χ1) is 13.3. The van der Waals surface area contributed by atoms with Crippen molar-refractivity contribution in [1.29, 1.82) is 0 Å². The molecule has 0 aromatic heterocycles. The van der Waals surface area contributed by atoms with Crippen LogP contribution < -0.4 is 0 Å². The van der Waals surface area contributed by atoms with Crippen LogP contribution in [0, 0.1) is 0 Å². The fourth-order valence-corrected chi connectivity index (χ4v) is 5.18. The smallest absolute Gasteiger partial charge is 0.256 e. The normalized spacial score (nSPS) is 19.0. The number of rotatable bonds is 8. The van der Waals surface area contributed by atoms with E-state index < -0.39 is 5.54 Å². The third kappa shape index (κ3) is 4.20. The molecule has 0 bridgehead atoms. The van der Waals surface area contributed by atoms with E-state index in [0.717, 1.165) is 66.4 Å². The molecule has 5 heteroatoms. The Bertz CT molecular complexity index is 751. The maximum Gasteiger partial charge on any atom is 0.256 e. The molecular formula is C23H33BrN2O2. The summed E-state index contributed by atoms with van der Waals surface area (Å²) in [6.07, 6.45) is 7.09. The van der Waals surface area contributed by atoms with Crippen LogP contribution in [0.3, 0.4) is 0 Å². The summed E-state index contributed by atoms with van der Waals surface area (Å²) in [5.41, 5.74) is 1.38. The van der Waals surface area contributed by atoms with Crippen molar-refractivity contribution in [3.8, 4) is 0 Å². The van der Waals surface area contributed by atoms with E-state index in [9.17, 15) is 4.79 Å². The summed E-state index contributed by atoms with van der Waals surface area (Å²) >= 11 is 3.67. The highest BCUT2D eigenvalue weighted by atomic mass is 79.9. The third-order valence-corrected chi connectivity index (χ3v) is 6.70. The maximum absolute atomic E-state index is 13.3. The zero-order valence-electron chi connectivity index (χ0n) is 17.7. The monoisotopic (exact) mass is 448 g/mol. The van der Waals surface area contributed by atoms with Crippen LogP contribution in [-0.2, 0) is 21.7 Å². The molecule has 0 saturated heterocycles. The van der Waals surface area contributed by atoms with Crippen molar-refractivity contribution in [2.24, 2.45) is 4.99 Å². The lowest BCUT2D eigenvalue weighted by molar-refractivity contribution is -0.131. The number of benzene rings is 1. The Morgan fingerprint density at radius 2 is 1.96 bits per heavy atom. The van der Waals surface area contributed by atoms with Gasteiger partial charge in [0.25, 0.3) is 5.91 Å². The second-order valence-corrected chi connectivity index (χ2v) is 9.37. The molecule has 154 valence electrons. The van der Waals surface area contributed by atoms with Gasteiger partial charge < -0.3 is 4.74 Å². The van der Waals surface area contributed by atoms with Gasteiger partial charge in [-0.3, -0.25) is 14.7 Å². The number of hydrogen-bond acceptors (Lipinski definition) is 3. The first-order valence-electron chi connectivity index (χ1n) is 10.7. The Labute approximate surface area is 177 Å². The number of unbranched alkanes of at least 4 members (excludes halogenated alkanes) is 1. The molecule has 1 aromatic carbocycles. The minimum atomic E-state index is -0.466. The van der Waals surface area contributed by atoms with Gasteiger partial charge in [0.2, 0.25) is 0 Å². The second-order valence-electron chi connectivity index (χ2n) is 8.52. The predicted molar refractivity (Wildman–Crippen MR) is 118 cm³/mol. The lowest BCUT2D eigenvalue weighted by Crippen LogP contribution is -2.40. The average molecular weight is 449 g/mol. The van der Waals surface area contributed by atoms with Gasteiger partial charge in [0.1, 0.15) is 11.4 Å². The van der Waals surface area contributed by atoms with Gasteiger partial charge >= 0.3 is 0 Å². The molecule has 2 aliphatic rings. The van der Waals surface area contributed by atoms with Gasteiger partial charge in [-0.25, -0.2) is 0 Å². The fourth-order valence-electron chi connectivity index (χ4n) is 4.45. The highest BCUT2D eigenvalue weighted by molar-refractivity contribution is 9.10. The van der Waals surface area contributed by atoms with E-state index >= 15 is 0 Å². The largest absolute Gasteiger partial charge is 0.371 e. The third-order valence-electron chi connectivity index (χ3n) is 6.01. The minimum absolute atomic E-state index is 0.213. The Balaban J connectivity index is 1.87. The number of nitrogens with zero attached hydrogens (tertiary/aromatic N) is 2. The van der Waals surface area contributed by atoms with Crippen LogP contribution in [0.15, 0.2) is 27.7 Å². The molecule has 1 aliphatic heterocycles. The van der Waals surface area contributed by atoms with Gasteiger partial charge in [0.05, 0.1) is 12.1 Å². The summed E-state index contributed by atoms with van der Waals surface area (Å²) in [4.78, 5) is 20.3. The van der Waals surface area contributed by atoms with Crippen LogP contribution in [0.5, 0.6) is 0 Å². The van der Waals surface area contributed by atoms with Crippen LogP contribution in [-0.4, -0.2) is 28.8 Å². The Morgan fingerprint density at radius 1 is 1.25 bits per heavy atom. The first kappa shape index (κ1) is 21.5. The molecule has 1 aromatic rings. The number of amidine groups is 1. The molecule has 0 atom stereocenters. The lowest BCUT2D eigenvalue weighted by Gasteiger charge is -2.28. The van der Waals surface area contributed by atoms with E-state index in [1.165, 1.54) is 0 Å². The van der Waals surface area contributed by atoms with Crippen molar-refractivity contribution < 1.29 is 9.53 Å². The molecule has 4 nitrogen and oxygen atoms in total. The van der Waals surface area contributed by atoms with Gasteiger partial charge in [-0.2, -0.15) is 0 Å². The Kier molecular flexibility index (Phi) is 6.65. The van der Waals surface area contributed by atoms with Gasteiger partial charge in [-0.15, -0.1) is 0 Å². The molecular weight excluding hydrogens is 416 g/mol. The summed E-state index contributed by atoms with van der Waals surface area (Å²) < 4.78 is 7.00. The summed E-state index contributed by atoms with van der Waals surface area (Å²) in [6.45, 7) is 9.62. The summed E-state index contributed by atoms with van der Waals surface area (Å²) in [5.74, 6) is 1.20. The zero-order valence-corrected chi connectivity index (χ0v) is 19.3. The number of carbonyl (C=O) groups excluding carboxylic acids is 1. The molecule has 1 heterocycles. The summed E-state index contributed by atoms with van der Waals surface area (Å²) in [7, 11) is 0. The highest BCUT2D eigenvalue weighted by Crippen LogP contribution is 2.40. The molecule has 1 amide bonds. The molecule has 1 saturated carbocycles. The quantitative estimate of drug-likeness (QED) is 0.491. The predicted octanol–water partition coefficient (Wildman–Crippen LogP) is 5.96. The van der Waals surface area contributed by atoms with Crippen molar-refractivity contribution in [1.82, 2.24) is 4.90 Å². The number of halogens is 1. The molecule has 1 aliphatic carbocycles. The fraction of sp³-hybridized carbons (Fsp3) is 0.652. The Hall–Kier alpha value is -1.20. The first-order valence-corrected chi connectivity index (χ1v) is 11.5. The van der Waals surface area contributed by atoms with Crippen molar-refractivity contribution >= 4 is 27.7 Å². The molecule has 28 heavy (non-hydrogen) atoms. The topological polar surface area (TPSA) is 41.9 Å². The number of aliphatic imine (C=N–C) groups is 1.